The number of anilines is 1. The van der Waals surface area contributed by atoms with E-state index in [1.807, 2.05) is 42.5 Å². The van der Waals surface area contributed by atoms with E-state index in [2.05, 4.69) is 10.3 Å². The molecular formula is C19H18N2O3. The lowest BCUT2D eigenvalue weighted by Crippen LogP contribution is -2.03. The van der Waals surface area contributed by atoms with Crippen LogP contribution in [-0.4, -0.2) is 24.0 Å². The summed E-state index contributed by atoms with van der Waals surface area (Å²) >= 11 is 0. The van der Waals surface area contributed by atoms with Crippen molar-refractivity contribution in [3.63, 3.8) is 0 Å². The molecule has 5 nitrogen and oxygen atoms in total. The van der Waals surface area contributed by atoms with E-state index in [1.165, 1.54) is 0 Å². The van der Waals surface area contributed by atoms with E-state index in [-0.39, 0.29) is 5.97 Å². The van der Waals surface area contributed by atoms with E-state index in [0.717, 1.165) is 34.3 Å². The van der Waals surface area contributed by atoms with Gasteiger partial charge in [-0.2, -0.15) is 0 Å². The van der Waals surface area contributed by atoms with Gasteiger partial charge in [0.05, 0.1) is 12.2 Å². The number of aromatic amines is 1. The van der Waals surface area contributed by atoms with Crippen molar-refractivity contribution in [2.24, 2.45) is 0 Å². The summed E-state index contributed by atoms with van der Waals surface area (Å²) in [5.41, 5.74) is 4.49. The predicted molar refractivity (Wildman–Crippen MR) is 93.2 cm³/mol. The first-order valence-electron chi connectivity index (χ1n) is 7.77. The SMILES string of the molecule is CCOC(=O)c1ccc2[nH]c(Cc3ccc(NC=O)cc3)cc2c1. The van der Waals surface area contributed by atoms with E-state index in [4.69, 9.17) is 4.74 Å². The van der Waals surface area contributed by atoms with E-state index in [0.29, 0.717) is 18.6 Å². The molecule has 0 spiro atoms. The Bertz CT molecular complexity index is 866. The fourth-order valence-electron chi connectivity index (χ4n) is 2.64. The normalized spacial score (nSPS) is 10.5. The standard InChI is InChI=1S/C19H18N2O3/c1-2-24-19(23)14-5-8-18-15(10-14)11-17(21-18)9-13-3-6-16(7-4-13)20-12-22/h3-8,10-12,21H,2,9H2,1H3,(H,20,22). The summed E-state index contributed by atoms with van der Waals surface area (Å²) in [4.78, 5) is 25.6. The van der Waals surface area contributed by atoms with E-state index in [1.54, 1.807) is 13.0 Å². The van der Waals surface area contributed by atoms with E-state index >= 15 is 0 Å². The van der Waals surface area contributed by atoms with Crippen LogP contribution in [0, 0.1) is 0 Å². The molecule has 3 aromatic rings. The van der Waals surface area contributed by atoms with Gasteiger partial charge in [0.2, 0.25) is 6.41 Å². The highest BCUT2D eigenvalue weighted by Crippen LogP contribution is 2.20. The third kappa shape index (κ3) is 3.46. The van der Waals surface area contributed by atoms with Crippen molar-refractivity contribution < 1.29 is 14.3 Å². The number of benzene rings is 2. The maximum absolute atomic E-state index is 11.8. The second kappa shape index (κ2) is 7.00. The molecule has 0 aliphatic heterocycles. The fourth-order valence-corrected chi connectivity index (χ4v) is 2.64. The average molecular weight is 322 g/mol. The molecule has 0 bridgehead atoms. The zero-order valence-electron chi connectivity index (χ0n) is 13.3. The van der Waals surface area contributed by atoms with Crippen LogP contribution in [0.4, 0.5) is 5.69 Å². The lowest BCUT2D eigenvalue weighted by Gasteiger charge is -2.02. The minimum Gasteiger partial charge on any atom is -0.462 e. The van der Waals surface area contributed by atoms with Crippen molar-refractivity contribution in [2.75, 3.05) is 11.9 Å². The van der Waals surface area contributed by atoms with Crippen LogP contribution in [0.5, 0.6) is 0 Å². The third-order valence-electron chi connectivity index (χ3n) is 3.76. The first-order valence-corrected chi connectivity index (χ1v) is 7.77. The summed E-state index contributed by atoms with van der Waals surface area (Å²) < 4.78 is 5.03. The Balaban J connectivity index is 1.80. The Kier molecular flexibility index (Phi) is 4.61. The molecule has 2 aromatic carbocycles. The first-order chi connectivity index (χ1) is 11.7. The molecule has 1 heterocycles. The first kappa shape index (κ1) is 15.8. The lowest BCUT2D eigenvalue weighted by atomic mass is 10.1. The van der Waals surface area contributed by atoms with Gasteiger partial charge >= 0.3 is 5.97 Å². The van der Waals surface area contributed by atoms with Crippen molar-refractivity contribution in [1.29, 1.82) is 0 Å². The van der Waals surface area contributed by atoms with Gasteiger partial charge in [0.15, 0.2) is 0 Å². The van der Waals surface area contributed by atoms with Crippen LogP contribution in [0.2, 0.25) is 0 Å². The molecule has 24 heavy (non-hydrogen) atoms. The molecule has 122 valence electrons. The van der Waals surface area contributed by atoms with Crippen LogP contribution in [0.1, 0.15) is 28.5 Å². The molecule has 0 radical (unpaired) electrons. The Morgan fingerprint density at radius 1 is 1.17 bits per heavy atom. The lowest BCUT2D eigenvalue weighted by molar-refractivity contribution is -0.105. The van der Waals surface area contributed by atoms with E-state index in [9.17, 15) is 9.59 Å². The van der Waals surface area contributed by atoms with Gasteiger partial charge in [0.1, 0.15) is 0 Å². The Morgan fingerprint density at radius 2 is 1.96 bits per heavy atom. The number of hydrogen-bond acceptors (Lipinski definition) is 3. The van der Waals surface area contributed by atoms with Crippen molar-refractivity contribution >= 4 is 29.0 Å². The molecule has 1 aromatic heterocycles. The van der Waals surface area contributed by atoms with Gasteiger partial charge in [-0.3, -0.25) is 4.79 Å². The van der Waals surface area contributed by atoms with Gasteiger partial charge in [0, 0.05) is 28.7 Å². The van der Waals surface area contributed by atoms with Gasteiger partial charge in [-0.1, -0.05) is 12.1 Å². The van der Waals surface area contributed by atoms with Gasteiger partial charge in [-0.25, -0.2) is 4.79 Å². The van der Waals surface area contributed by atoms with Crippen LogP contribution in [0.3, 0.4) is 0 Å². The van der Waals surface area contributed by atoms with Crippen LogP contribution < -0.4 is 5.32 Å². The maximum atomic E-state index is 11.8. The molecular weight excluding hydrogens is 304 g/mol. The number of nitrogens with one attached hydrogen (secondary N) is 2. The molecule has 0 aliphatic carbocycles. The van der Waals surface area contributed by atoms with Crippen LogP contribution in [0.15, 0.2) is 48.5 Å². The predicted octanol–water partition coefficient (Wildman–Crippen LogP) is 3.50. The Hall–Kier alpha value is -3.08. The summed E-state index contributed by atoms with van der Waals surface area (Å²) in [6.07, 6.45) is 1.40. The number of carbonyl (C=O) groups excluding carboxylic acids is 2. The highest BCUT2D eigenvalue weighted by atomic mass is 16.5. The highest BCUT2D eigenvalue weighted by Gasteiger charge is 2.09. The van der Waals surface area contributed by atoms with Gasteiger partial charge in [-0.05, 0) is 48.9 Å². The summed E-state index contributed by atoms with van der Waals surface area (Å²) in [6.45, 7) is 2.16. The molecule has 1 amide bonds. The number of aromatic nitrogens is 1. The number of H-pyrrole nitrogens is 1. The van der Waals surface area contributed by atoms with Gasteiger partial charge in [-0.15, -0.1) is 0 Å². The molecule has 0 saturated heterocycles. The fraction of sp³-hybridized carbons (Fsp3) is 0.158. The minimum absolute atomic E-state index is 0.305. The molecule has 0 aliphatic rings. The highest BCUT2D eigenvalue weighted by molar-refractivity contribution is 5.94. The summed E-state index contributed by atoms with van der Waals surface area (Å²) in [5, 5.41) is 3.60. The number of fused-ring (bicyclic) bond motifs is 1. The zero-order valence-corrected chi connectivity index (χ0v) is 13.3. The molecule has 5 heteroatoms. The Morgan fingerprint density at radius 3 is 2.67 bits per heavy atom. The van der Waals surface area contributed by atoms with Gasteiger partial charge in [0.25, 0.3) is 0 Å². The zero-order chi connectivity index (χ0) is 16.9. The average Bonchev–Trinajstić information content (AvgIpc) is 2.98. The molecule has 0 atom stereocenters. The maximum Gasteiger partial charge on any atom is 0.338 e. The summed E-state index contributed by atoms with van der Waals surface area (Å²) in [5.74, 6) is -0.305. The van der Waals surface area contributed by atoms with E-state index < -0.39 is 0 Å². The minimum atomic E-state index is -0.305. The van der Waals surface area contributed by atoms with Crippen molar-refractivity contribution in [3.8, 4) is 0 Å². The second-order valence-corrected chi connectivity index (χ2v) is 5.45. The third-order valence-corrected chi connectivity index (χ3v) is 3.76. The number of carbonyl (C=O) groups is 2. The largest absolute Gasteiger partial charge is 0.462 e. The van der Waals surface area contributed by atoms with Crippen molar-refractivity contribution in [1.82, 2.24) is 4.98 Å². The molecule has 2 N–H and O–H groups in total. The molecule has 3 rings (SSSR count). The smallest absolute Gasteiger partial charge is 0.338 e. The quantitative estimate of drug-likeness (QED) is 0.539. The second-order valence-electron chi connectivity index (χ2n) is 5.45. The van der Waals surface area contributed by atoms with Gasteiger partial charge < -0.3 is 15.0 Å². The number of rotatable bonds is 6. The molecule has 0 unspecified atom stereocenters. The Labute approximate surface area is 139 Å². The number of ether oxygens (including phenoxy) is 1. The number of esters is 1. The van der Waals surface area contributed by atoms with Crippen LogP contribution >= 0.6 is 0 Å². The topological polar surface area (TPSA) is 71.2 Å². The number of amides is 1. The van der Waals surface area contributed by atoms with Crippen LogP contribution in [-0.2, 0) is 16.0 Å². The molecule has 0 saturated carbocycles. The molecule has 0 fully saturated rings. The van der Waals surface area contributed by atoms with Crippen LogP contribution in [0.25, 0.3) is 10.9 Å². The summed E-state index contributed by atoms with van der Waals surface area (Å²) in [6, 6.07) is 15.2. The van der Waals surface area contributed by atoms with Crippen molar-refractivity contribution in [3.05, 3.63) is 65.4 Å². The van der Waals surface area contributed by atoms with Crippen molar-refractivity contribution in [2.45, 2.75) is 13.3 Å². The summed E-state index contributed by atoms with van der Waals surface area (Å²) in [7, 11) is 0. The monoisotopic (exact) mass is 322 g/mol. The number of hydrogen-bond donors (Lipinski definition) is 2.